The lowest BCUT2D eigenvalue weighted by atomic mass is 9.85. The van der Waals surface area contributed by atoms with E-state index >= 15 is 0 Å². The number of hydrogen-bond donors (Lipinski definition) is 1. The van der Waals surface area contributed by atoms with Gasteiger partial charge in [-0.3, -0.25) is 9.59 Å². The molecule has 0 saturated carbocycles. The number of carbonyl (C=O) groups excluding carboxylic acids is 2. The third kappa shape index (κ3) is 4.21. The van der Waals surface area contributed by atoms with Crippen molar-refractivity contribution in [2.45, 2.75) is 64.0 Å². The first kappa shape index (κ1) is 19.7. The molecule has 0 radical (unpaired) electrons. The summed E-state index contributed by atoms with van der Waals surface area (Å²) in [6.07, 6.45) is 3.87. The van der Waals surface area contributed by atoms with Gasteiger partial charge in [0.2, 0.25) is 11.8 Å². The van der Waals surface area contributed by atoms with Gasteiger partial charge in [0, 0.05) is 37.4 Å². The summed E-state index contributed by atoms with van der Waals surface area (Å²) in [5, 5.41) is 3.01. The average molecular weight is 391 g/mol. The highest BCUT2D eigenvalue weighted by atomic mass is 16.2. The summed E-state index contributed by atoms with van der Waals surface area (Å²) in [6, 6.07) is 17.3. The lowest BCUT2D eigenvalue weighted by molar-refractivity contribution is -0.133. The van der Waals surface area contributed by atoms with Crippen molar-refractivity contribution in [2.24, 2.45) is 0 Å². The first-order chi connectivity index (χ1) is 14.0. The molecule has 0 bridgehead atoms. The van der Waals surface area contributed by atoms with E-state index in [1.807, 2.05) is 4.90 Å². The Morgan fingerprint density at radius 1 is 1.00 bits per heavy atom. The molecule has 1 heterocycles. The minimum Gasteiger partial charge on any atom is -0.352 e. The van der Waals surface area contributed by atoms with Crippen molar-refractivity contribution >= 4 is 11.8 Å². The van der Waals surface area contributed by atoms with Crippen molar-refractivity contribution in [3.05, 3.63) is 70.8 Å². The van der Waals surface area contributed by atoms with Crippen LogP contribution in [-0.4, -0.2) is 35.3 Å². The van der Waals surface area contributed by atoms with Gasteiger partial charge in [-0.2, -0.15) is 0 Å². The molecular weight excluding hydrogens is 360 g/mol. The molecule has 0 spiro atoms. The van der Waals surface area contributed by atoms with Gasteiger partial charge in [-0.25, -0.2) is 0 Å². The van der Waals surface area contributed by atoms with Crippen LogP contribution in [0.5, 0.6) is 0 Å². The standard InChI is InChI=1S/C25H30N2O2/c1-17(2)27(16-20-13-14-24(28)26-20)25(29)15-23-21-9-5-3-7-18(21)11-12-19-8-4-6-10-22(19)23/h3-10,17,20,23H,11-16H2,1-2H3,(H,26,28). The van der Waals surface area contributed by atoms with Gasteiger partial charge in [-0.1, -0.05) is 48.5 Å². The third-order valence-electron chi connectivity index (χ3n) is 6.35. The number of amides is 2. The second-order valence-electron chi connectivity index (χ2n) is 8.60. The zero-order valence-corrected chi connectivity index (χ0v) is 17.4. The highest BCUT2D eigenvalue weighted by Gasteiger charge is 2.30. The molecule has 1 unspecified atom stereocenters. The summed E-state index contributed by atoms with van der Waals surface area (Å²) in [4.78, 5) is 27.0. The van der Waals surface area contributed by atoms with Gasteiger partial charge in [0.25, 0.3) is 0 Å². The molecule has 2 aromatic rings. The van der Waals surface area contributed by atoms with E-state index in [9.17, 15) is 9.59 Å². The van der Waals surface area contributed by atoms with Gasteiger partial charge in [0.05, 0.1) is 0 Å². The second-order valence-corrected chi connectivity index (χ2v) is 8.60. The molecule has 29 heavy (non-hydrogen) atoms. The number of carbonyl (C=O) groups is 2. The largest absolute Gasteiger partial charge is 0.352 e. The van der Waals surface area contributed by atoms with Crippen LogP contribution in [0.25, 0.3) is 0 Å². The molecule has 4 nitrogen and oxygen atoms in total. The number of fused-ring (bicyclic) bond motifs is 2. The Kier molecular flexibility index (Phi) is 5.70. The molecule has 2 aromatic carbocycles. The lowest BCUT2D eigenvalue weighted by Gasteiger charge is -2.31. The predicted octanol–water partition coefficient (Wildman–Crippen LogP) is 3.82. The molecule has 1 fully saturated rings. The topological polar surface area (TPSA) is 49.4 Å². The van der Waals surface area contributed by atoms with Crippen molar-refractivity contribution < 1.29 is 9.59 Å². The van der Waals surface area contributed by atoms with Crippen LogP contribution in [0.4, 0.5) is 0 Å². The van der Waals surface area contributed by atoms with Crippen LogP contribution >= 0.6 is 0 Å². The Hall–Kier alpha value is -2.62. The Bertz CT molecular complexity index is 858. The zero-order chi connectivity index (χ0) is 20.4. The maximum atomic E-state index is 13.5. The van der Waals surface area contributed by atoms with Crippen LogP contribution < -0.4 is 5.32 Å². The van der Waals surface area contributed by atoms with Gasteiger partial charge in [0.15, 0.2) is 0 Å². The molecule has 1 N–H and O–H groups in total. The van der Waals surface area contributed by atoms with E-state index in [4.69, 9.17) is 0 Å². The fourth-order valence-electron chi connectivity index (χ4n) is 4.80. The number of hydrogen-bond acceptors (Lipinski definition) is 2. The van der Waals surface area contributed by atoms with Gasteiger partial charge in [-0.05, 0) is 55.4 Å². The van der Waals surface area contributed by atoms with Crippen molar-refractivity contribution in [3.63, 3.8) is 0 Å². The average Bonchev–Trinajstić information content (AvgIpc) is 3.06. The van der Waals surface area contributed by atoms with E-state index in [0.29, 0.717) is 19.4 Å². The molecule has 152 valence electrons. The first-order valence-electron chi connectivity index (χ1n) is 10.8. The summed E-state index contributed by atoms with van der Waals surface area (Å²) in [7, 11) is 0. The minimum absolute atomic E-state index is 0.0718. The number of aryl methyl sites for hydroxylation is 2. The van der Waals surface area contributed by atoms with Crippen molar-refractivity contribution in [1.82, 2.24) is 10.2 Å². The van der Waals surface area contributed by atoms with E-state index in [1.54, 1.807) is 0 Å². The fourth-order valence-corrected chi connectivity index (χ4v) is 4.80. The molecular formula is C25H30N2O2. The van der Waals surface area contributed by atoms with E-state index in [-0.39, 0.29) is 29.8 Å². The summed E-state index contributed by atoms with van der Waals surface area (Å²) < 4.78 is 0. The van der Waals surface area contributed by atoms with Crippen LogP contribution in [-0.2, 0) is 22.4 Å². The smallest absolute Gasteiger partial charge is 0.223 e. The van der Waals surface area contributed by atoms with Crippen LogP contribution in [0.2, 0.25) is 0 Å². The number of nitrogens with one attached hydrogen (secondary N) is 1. The minimum atomic E-state index is 0.0718. The molecule has 0 aromatic heterocycles. The molecule has 1 aliphatic heterocycles. The maximum Gasteiger partial charge on any atom is 0.223 e. The van der Waals surface area contributed by atoms with Crippen LogP contribution in [0.1, 0.15) is 61.3 Å². The SMILES string of the molecule is CC(C)N(CC1CCC(=O)N1)C(=O)CC1c2ccccc2CCc2ccccc21. The summed E-state index contributed by atoms with van der Waals surface area (Å²) in [5.74, 6) is 0.340. The molecule has 1 atom stereocenters. The molecule has 4 rings (SSSR count). The number of rotatable bonds is 5. The number of nitrogens with zero attached hydrogens (tertiary/aromatic N) is 1. The van der Waals surface area contributed by atoms with Gasteiger partial charge in [-0.15, -0.1) is 0 Å². The second kappa shape index (κ2) is 8.40. The van der Waals surface area contributed by atoms with E-state index < -0.39 is 0 Å². The summed E-state index contributed by atoms with van der Waals surface area (Å²) in [5.41, 5.74) is 5.26. The van der Waals surface area contributed by atoms with E-state index in [2.05, 4.69) is 67.7 Å². The molecule has 2 aliphatic rings. The van der Waals surface area contributed by atoms with Crippen LogP contribution in [0, 0.1) is 0 Å². The van der Waals surface area contributed by atoms with E-state index in [0.717, 1.165) is 19.3 Å². The highest BCUT2D eigenvalue weighted by molar-refractivity contribution is 5.80. The van der Waals surface area contributed by atoms with Gasteiger partial charge < -0.3 is 10.2 Å². The normalized spacial score (nSPS) is 18.7. The van der Waals surface area contributed by atoms with Crippen LogP contribution in [0.15, 0.2) is 48.5 Å². The lowest BCUT2D eigenvalue weighted by Crippen LogP contribution is -2.45. The number of benzene rings is 2. The Morgan fingerprint density at radius 2 is 1.59 bits per heavy atom. The van der Waals surface area contributed by atoms with Crippen LogP contribution in [0.3, 0.4) is 0 Å². The Balaban J connectivity index is 1.61. The molecule has 2 amide bonds. The third-order valence-corrected chi connectivity index (χ3v) is 6.35. The van der Waals surface area contributed by atoms with Gasteiger partial charge >= 0.3 is 0 Å². The van der Waals surface area contributed by atoms with Gasteiger partial charge in [0.1, 0.15) is 0 Å². The maximum absolute atomic E-state index is 13.5. The summed E-state index contributed by atoms with van der Waals surface area (Å²) >= 11 is 0. The monoisotopic (exact) mass is 390 g/mol. The van der Waals surface area contributed by atoms with Crippen molar-refractivity contribution in [2.75, 3.05) is 6.54 Å². The predicted molar refractivity (Wildman–Crippen MR) is 115 cm³/mol. The van der Waals surface area contributed by atoms with Crippen molar-refractivity contribution in [1.29, 1.82) is 0 Å². The Morgan fingerprint density at radius 3 is 2.10 bits per heavy atom. The molecule has 1 saturated heterocycles. The Labute approximate surface area is 173 Å². The zero-order valence-electron chi connectivity index (χ0n) is 17.4. The van der Waals surface area contributed by atoms with E-state index in [1.165, 1.54) is 22.3 Å². The van der Waals surface area contributed by atoms with Crippen molar-refractivity contribution in [3.8, 4) is 0 Å². The molecule has 1 aliphatic carbocycles. The quantitative estimate of drug-likeness (QED) is 0.844. The first-order valence-corrected chi connectivity index (χ1v) is 10.8. The summed E-state index contributed by atoms with van der Waals surface area (Å²) in [6.45, 7) is 4.71. The highest BCUT2D eigenvalue weighted by Crippen LogP contribution is 2.37. The molecule has 4 heteroatoms. The fraction of sp³-hybridized carbons (Fsp3) is 0.440.